The molecule has 2 N–H and O–H groups in total. The highest BCUT2D eigenvalue weighted by atomic mass is 16.5. The topological polar surface area (TPSA) is 49.7 Å². The van der Waals surface area contributed by atoms with Crippen molar-refractivity contribution in [3.8, 4) is 0 Å². The predicted molar refractivity (Wildman–Crippen MR) is 142 cm³/mol. The van der Waals surface area contributed by atoms with Crippen molar-refractivity contribution in [2.75, 3.05) is 19.8 Å². The third-order valence-corrected chi connectivity index (χ3v) is 6.99. The number of ether oxygens (including phenoxy) is 1. The summed E-state index contributed by atoms with van der Waals surface area (Å²) < 4.78 is 6.44. The molecule has 0 aliphatic carbocycles. The molecule has 5 atom stereocenters. The van der Waals surface area contributed by atoms with E-state index in [-0.39, 0.29) is 6.61 Å². The molecule has 3 heteroatoms. The monoisotopic (exact) mass is 458 g/mol. The summed E-state index contributed by atoms with van der Waals surface area (Å²) >= 11 is 0. The second-order valence-electron chi connectivity index (χ2n) is 9.99. The first kappa shape index (κ1) is 34.0. The van der Waals surface area contributed by atoms with Crippen LogP contribution in [-0.2, 0) is 4.74 Å². The summed E-state index contributed by atoms with van der Waals surface area (Å²) in [4.78, 5) is 0. The Hall–Kier alpha value is -0.120. The first-order valence-corrected chi connectivity index (χ1v) is 14.3. The molecule has 32 heavy (non-hydrogen) atoms. The summed E-state index contributed by atoms with van der Waals surface area (Å²) in [5.41, 5.74) is 0. The van der Waals surface area contributed by atoms with Crippen molar-refractivity contribution in [2.24, 2.45) is 23.7 Å². The van der Waals surface area contributed by atoms with Gasteiger partial charge in [0.2, 0.25) is 0 Å². The third kappa shape index (κ3) is 19.4. The van der Waals surface area contributed by atoms with Crippen molar-refractivity contribution >= 4 is 0 Å². The van der Waals surface area contributed by atoms with Crippen molar-refractivity contribution in [1.82, 2.24) is 0 Å². The lowest BCUT2D eigenvalue weighted by molar-refractivity contribution is 0.0282. The molecule has 0 aromatic carbocycles. The molecule has 196 valence electrons. The molecule has 0 heterocycles. The van der Waals surface area contributed by atoms with Crippen molar-refractivity contribution in [3.63, 3.8) is 0 Å². The first-order valence-electron chi connectivity index (χ1n) is 14.3. The molecule has 0 saturated carbocycles. The molecule has 0 bridgehead atoms. The second-order valence-corrected chi connectivity index (χ2v) is 9.99. The lowest BCUT2D eigenvalue weighted by Gasteiger charge is -2.29. The fraction of sp³-hybridized carbons (Fsp3) is 1.00. The summed E-state index contributed by atoms with van der Waals surface area (Å²) in [6, 6.07) is 0. The molecule has 0 radical (unpaired) electrons. The van der Waals surface area contributed by atoms with Gasteiger partial charge in [-0.2, -0.15) is 0 Å². The highest BCUT2D eigenvalue weighted by Gasteiger charge is 2.22. The zero-order valence-electron chi connectivity index (χ0n) is 23.2. The van der Waals surface area contributed by atoms with Gasteiger partial charge in [-0.1, -0.05) is 119 Å². The van der Waals surface area contributed by atoms with Crippen LogP contribution < -0.4 is 0 Å². The van der Waals surface area contributed by atoms with E-state index >= 15 is 0 Å². The molecule has 0 saturated heterocycles. The van der Waals surface area contributed by atoms with Crippen LogP contribution in [0.2, 0.25) is 0 Å². The Morgan fingerprint density at radius 2 is 0.938 bits per heavy atom. The van der Waals surface area contributed by atoms with Crippen LogP contribution in [0.4, 0.5) is 0 Å². The fourth-order valence-corrected chi connectivity index (χ4v) is 4.88. The smallest absolute Gasteiger partial charge is 0.0742 e. The van der Waals surface area contributed by atoms with E-state index in [0.717, 1.165) is 36.9 Å². The maximum Gasteiger partial charge on any atom is 0.0742 e. The van der Waals surface area contributed by atoms with Gasteiger partial charge in [-0.15, -0.1) is 0 Å². The van der Waals surface area contributed by atoms with Crippen molar-refractivity contribution in [2.45, 2.75) is 144 Å². The zero-order valence-corrected chi connectivity index (χ0v) is 23.2. The minimum absolute atomic E-state index is 0.139. The van der Waals surface area contributed by atoms with E-state index in [1.165, 1.54) is 96.8 Å². The largest absolute Gasteiger partial charge is 0.394 e. The van der Waals surface area contributed by atoms with E-state index < -0.39 is 6.10 Å². The standard InChI is InChI=1S/C26H54O.C3H8O2/c1-7-13-15-19-23(11-5)25(17-9-3)21-27-22-26(18-10-4)24(12-6)20-16-14-8-2;1-3(5)2-4/h23-26H,7-22H2,1-6H3;3-5H,2H2,1H3. The molecule has 0 aliphatic rings. The molecular weight excluding hydrogens is 396 g/mol. The Labute approximate surface area is 203 Å². The average molecular weight is 459 g/mol. The van der Waals surface area contributed by atoms with Gasteiger partial charge in [-0.3, -0.25) is 0 Å². The van der Waals surface area contributed by atoms with E-state index in [9.17, 15) is 0 Å². The van der Waals surface area contributed by atoms with Gasteiger partial charge in [0.1, 0.15) is 0 Å². The Balaban J connectivity index is 0. The van der Waals surface area contributed by atoms with Gasteiger partial charge in [-0.05, 0) is 43.4 Å². The SMILES string of the molecule is CC(O)CO.CCCCCC(CC)C(CCC)COCC(CCC)C(CC)CCCCC. The van der Waals surface area contributed by atoms with Crippen molar-refractivity contribution in [1.29, 1.82) is 0 Å². The van der Waals surface area contributed by atoms with Gasteiger partial charge in [0.25, 0.3) is 0 Å². The van der Waals surface area contributed by atoms with E-state index in [1.54, 1.807) is 0 Å². The fourth-order valence-electron chi connectivity index (χ4n) is 4.88. The Morgan fingerprint density at radius 3 is 1.19 bits per heavy atom. The lowest BCUT2D eigenvalue weighted by atomic mass is 9.82. The molecule has 0 aromatic heterocycles. The molecule has 3 nitrogen and oxygen atoms in total. The summed E-state index contributed by atoms with van der Waals surface area (Å²) in [5.74, 6) is 3.29. The van der Waals surface area contributed by atoms with E-state index in [0.29, 0.717) is 0 Å². The van der Waals surface area contributed by atoms with Crippen LogP contribution in [0, 0.1) is 23.7 Å². The number of aliphatic hydroxyl groups is 2. The van der Waals surface area contributed by atoms with Gasteiger partial charge in [0, 0.05) is 13.2 Å². The molecule has 5 unspecified atom stereocenters. The molecule has 0 rings (SSSR count). The molecular formula is C29H62O3. The predicted octanol–water partition coefficient (Wildman–Crippen LogP) is 8.41. The molecule has 0 fully saturated rings. The third-order valence-electron chi connectivity index (χ3n) is 6.99. The van der Waals surface area contributed by atoms with E-state index in [1.807, 2.05) is 0 Å². The van der Waals surface area contributed by atoms with Crippen molar-refractivity contribution < 1.29 is 14.9 Å². The minimum Gasteiger partial charge on any atom is -0.394 e. The Kier molecular flexibility index (Phi) is 27.1. The average Bonchev–Trinajstić information content (AvgIpc) is 2.79. The number of unbranched alkanes of at least 4 members (excludes halogenated alkanes) is 4. The van der Waals surface area contributed by atoms with E-state index in [4.69, 9.17) is 14.9 Å². The van der Waals surface area contributed by atoms with Crippen LogP contribution in [0.15, 0.2) is 0 Å². The Morgan fingerprint density at radius 1 is 0.562 bits per heavy atom. The summed E-state index contributed by atoms with van der Waals surface area (Å²) in [6.07, 6.45) is 18.5. The quantitative estimate of drug-likeness (QED) is 0.170. The Bertz CT molecular complexity index is 317. The maximum absolute atomic E-state index is 8.11. The lowest BCUT2D eigenvalue weighted by Crippen LogP contribution is -2.25. The summed E-state index contributed by atoms with van der Waals surface area (Å²) in [6.45, 7) is 17.5. The molecule has 0 aromatic rings. The van der Waals surface area contributed by atoms with Gasteiger partial charge < -0.3 is 14.9 Å². The van der Waals surface area contributed by atoms with Crippen LogP contribution in [0.3, 0.4) is 0 Å². The van der Waals surface area contributed by atoms with E-state index in [2.05, 4.69) is 41.5 Å². The summed E-state index contributed by atoms with van der Waals surface area (Å²) in [7, 11) is 0. The van der Waals surface area contributed by atoms with Gasteiger partial charge in [0.05, 0.1) is 12.7 Å². The minimum atomic E-state index is -0.560. The second kappa shape index (κ2) is 25.5. The van der Waals surface area contributed by atoms with Crippen LogP contribution in [-0.4, -0.2) is 36.1 Å². The van der Waals surface area contributed by atoms with Crippen LogP contribution >= 0.6 is 0 Å². The van der Waals surface area contributed by atoms with Gasteiger partial charge >= 0.3 is 0 Å². The molecule has 0 amide bonds. The maximum atomic E-state index is 8.11. The van der Waals surface area contributed by atoms with Gasteiger partial charge in [0.15, 0.2) is 0 Å². The number of hydrogen-bond acceptors (Lipinski definition) is 3. The van der Waals surface area contributed by atoms with Crippen molar-refractivity contribution in [3.05, 3.63) is 0 Å². The normalized spacial score (nSPS) is 16.0. The number of hydrogen-bond donors (Lipinski definition) is 2. The number of aliphatic hydroxyl groups excluding tert-OH is 2. The molecule has 0 aliphatic heterocycles. The first-order chi connectivity index (χ1) is 15.4. The summed E-state index contributed by atoms with van der Waals surface area (Å²) in [5, 5.41) is 16.0. The number of rotatable bonds is 21. The molecule has 0 spiro atoms. The highest BCUT2D eigenvalue weighted by molar-refractivity contribution is 4.72. The van der Waals surface area contributed by atoms with Crippen LogP contribution in [0.1, 0.15) is 138 Å². The van der Waals surface area contributed by atoms with Crippen LogP contribution in [0.25, 0.3) is 0 Å². The highest BCUT2D eigenvalue weighted by Crippen LogP contribution is 2.29. The zero-order chi connectivity index (χ0) is 24.6. The van der Waals surface area contributed by atoms with Crippen LogP contribution in [0.5, 0.6) is 0 Å². The van der Waals surface area contributed by atoms with Gasteiger partial charge in [-0.25, -0.2) is 0 Å².